The molecule has 0 saturated carbocycles. The van der Waals surface area contributed by atoms with Crippen LogP contribution in [0.4, 0.5) is 4.39 Å². The van der Waals surface area contributed by atoms with Gasteiger partial charge in [0.05, 0.1) is 5.69 Å². The molecule has 3 aromatic rings. The van der Waals surface area contributed by atoms with E-state index in [1.54, 1.807) is 18.3 Å². The predicted octanol–water partition coefficient (Wildman–Crippen LogP) is 4.09. The fourth-order valence-corrected chi connectivity index (χ4v) is 1.97. The summed E-state index contributed by atoms with van der Waals surface area (Å²) in [5.74, 6) is -0.345. The van der Waals surface area contributed by atoms with Crippen LogP contribution in [0.15, 0.2) is 48.7 Å². The highest BCUT2D eigenvalue weighted by molar-refractivity contribution is 6.30. The Labute approximate surface area is 108 Å². The number of aromatic nitrogens is 2. The molecule has 0 atom stereocenters. The zero-order valence-electron chi connectivity index (χ0n) is 9.27. The molecule has 0 aliphatic heterocycles. The van der Waals surface area contributed by atoms with Crippen LogP contribution >= 0.6 is 11.6 Å². The second kappa shape index (κ2) is 4.35. The van der Waals surface area contributed by atoms with Crippen LogP contribution in [0.25, 0.3) is 22.3 Å². The number of hydrogen-bond donors (Lipinski definition) is 0. The summed E-state index contributed by atoms with van der Waals surface area (Å²) in [4.78, 5) is 8.49. The van der Waals surface area contributed by atoms with Crippen LogP contribution in [0.1, 0.15) is 0 Å². The number of pyridine rings is 2. The largest absolute Gasteiger partial charge is 0.237 e. The quantitative estimate of drug-likeness (QED) is 0.657. The number of fused-ring (bicyclic) bond motifs is 1. The van der Waals surface area contributed by atoms with Crippen molar-refractivity contribution in [2.75, 3.05) is 0 Å². The lowest BCUT2D eigenvalue weighted by Gasteiger charge is -2.04. The Hall–Kier alpha value is -2.00. The Kier molecular flexibility index (Phi) is 2.68. The zero-order valence-corrected chi connectivity index (χ0v) is 10.0. The lowest BCUT2D eigenvalue weighted by molar-refractivity contribution is 0.631. The van der Waals surface area contributed by atoms with Gasteiger partial charge >= 0.3 is 0 Å². The topological polar surface area (TPSA) is 25.8 Å². The Morgan fingerprint density at radius 3 is 2.83 bits per heavy atom. The van der Waals surface area contributed by atoms with E-state index in [-0.39, 0.29) is 5.82 Å². The SMILES string of the molecule is Fc1ccc(Cl)cc1-c1ccc2cccnc2n1. The van der Waals surface area contributed by atoms with Gasteiger partial charge in [-0.3, -0.25) is 0 Å². The van der Waals surface area contributed by atoms with E-state index in [9.17, 15) is 4.39 Å². The van der Waals surface area contributed by atoms with E-state index >= 15 is 0 Å². The van der Waals surface area contributed by atoms with E-state index in [1.807, 2.05) is 18.2 Å². The minimum Gasteiger partial charge on any atom is -0.237 e. The normalized spacial score (nSPS) is 10.8. The van der Waals surface area contributed by atoms with Crippen LogP contribution in [0, 0.1) is 5.82 Å². The standard InChI is InChI=1S/C14H8ClFN2/c15-10-4-5-12(16)11(8-10)13-6-3-9-2-1-7-17-14(9)18-13/h1-8H. The van der Waals surface area contributed by atoms with Crippen LogP contribution in [-0.2, 0) is 0 Å². The molecular formula is C14H8ClFN2. The molecule has 0 saturated heterocycles. The first-order valence-corrected chi connectivity index (χ1v) is 5.79. The van der Waals surface area contributed by atoms with E-state index < -0.39 is 0 Å². The summed E-state index contributed by atoms with van der Waals surface area (Å²) in [5.41, 5.74) is 1.51. The lowest BCUT2D eigenvalue weighted by Crippen LogP contribution is -1.90. The van der Waals surface area contributed by atoms with Crippen molar-refractivity contribution >= 4 is 22.6 Å². The van der Waals surface area contributed by atoms with E-state index in [4.69, 9.17) is 11.6 Å². The molecule has 0 fully saturated rings. The maximum absolute atomic E-state index is 13.7. The molecule has 0 amide bonds. The van der Waals surface area contributed by atoms with Crippen molar-refractivity contribution in [2.24, 2.45) is 0 Å². The molecule has 0 aliphatic carbocycles. The van der Waals surface area contributed by atoms with Crippen molar-refractivity contribution in [3.05, 3.63) is 59.5 Å². The molecule has 2 heterocycles. The van der Waals surface area contributed by atoms with Gasteiger partial charge in [-0.05, 0) is 42.5 Å². The van der Waals surface area contributed by atoms with Crippen molar-refractivity contribution in [3.8, 4) is 11.3 Å². The molecule has 0 spiro atoms. The highest BCUT2D eigenvalue weighted by Crippen LogP contribution is 2.25. The first kappa shape index (κ1) is 11.1. The van der Waals surface area contributed by atoms with E-state index in [0.717, 1.165) is 5.39 Å². The highest BCUT2D eigenvalue weighted by Gasteiger charge is 2.08. The number of benzene rings is 1. The lowest BCUT2D eigenvalue weighted by atomic mass is 10.1. The number of halogens is 2. The highest BCUT2D eigenvalue weighted by atomic mass is 35.5. The summed E-state index contributed by atoms with van der Waals surface area (Å²) in [6, 6.07) is 11.8. The molecule has 2 aromatic heterocycles. The summed E-state index contributed by atoms with van der Waals surface area (Å²) >= 11 is 5.87. The predicted molar refractivity (Wildman–Crippen MR) is 69.9 cm³/mol. The van der Waals surface area contributed by atoms with Gasteiger partial charge in [0.15, 0.2) is 5.65 Å². The zero-order chi connectivity index (χ0) is 12.5. The first-order valence-electron chi connectivity index (χ1n) is 5.41. The van der Waals surface area contributed by atoms with Crippen molar-refractivity contribution < 1.29 is 4.39 Å². The van der Waals surface area contributed by atoms with Crippen LogP contribution in [0.3, 0.4) is 0 Å². The molecule has 0 aliphatic rings. The van der Waals surface area contributed by atoms with Gasteiger partial charge in [0, 0.05) is 22.2 Å². The van der Waals surface area contributed by atoms with Crippen molar-refractivity contribution in [3.63, 3.8) is 0 Å². The van der Waals surface area contributed by atoms with Gasteiger partial charge in [-0.25, -0.2) is 14.4 Å². The molecule has 1 aromatic carbocycles. The van der Waals surface area contributed by atoms with Gasteiger partial charge in [-0.2, -0.15) is 0 Å². The Morgan fingerprint density at radius 1 is 1.06 bits per heavy atom. The van der Waals surface area contributed by atoms with Gasteiger partial charge in [0.1, 0.15) is 5.82 Å². The third-order valence-electron chi connectivity index (χ3n) is 2.67. The molecule has 0 unspecified atom stereocenters. The molecule has 88 valence electrons. The summed E-state index contributed by atoms with van der Waals surface area (Å²) in [6.07, 6.45) is 1.66. The smallest absolute Gasteiger partial charge is 0.159 e. The number of rotatable bonds is 1. The molecule has 4 heteroatoms. The fraction of sp³-hybridized carbons (Fsp3) is 0. The van der Waals surface area contributed by atoms with E-state index in [1.165, 1.54) is 12.1 Å². The van der Waals surface area contributed by atoms with Crippen molar-refractivity contribution in [2.45, 2.75) is 0 Å². The van der Waals surface area contributed by atoms with Gasteiger partial charge in [-0.15, -0.1) is 0 Å². The van der Waals surface area contributed by atoms with Gasteiger partial charge in [0.2, 0.25) is 0 Å². The first-order chi connectivity index (χ1) is 8.74. The third-order valence-corrected chi connectivity index (χ3v) is 2.90. The molecule has 3 rings (SSSR count). The average molecular weight is 259 g/mol. The summed E-state index contributed by atoms with van der Waals surface area (Å²) in [6.45, 7) is 0. The van der Waals surface area contributed by atoms with Gasteiger partial charge in [-0.1, -0.05) is 11.6 Å². The summed E-state index contributed by atoms with van der Waals surface area (Å²) < 4.78 is 13.7. The fourth-order valence-electron chi connectivity index (χ4n) is 1.80. The molecule has 2 nitrogen and oxygen atoms in total. The molecule has 0 bridgehead atoms. The van der Waals surface area contributed by atoms with Crippen LogP contribution < -0.4 is 0 Å². The molecule has 0 radical (unpaired) electrons. The van der Waals surface area contributed by atoms with Crippen LogP contribution in [0.5, 0.6) is 0 Å². The maximum atomic E-state index is 13.7. The van der Waals surface area contributed by atoms with E-state index in [0.29, 0.717) is 21.9 Å². The van der Waals surface area contributed by atoms with E-state index in [2.05, 4.69) is 9.97 Å². The monoisotopic (exact) mass is 258 g/mol. The molecule has 18 heavy (non-hydrogen) atoms. The third kappa shape index (κ3) is 1.93. The second-order valence-electron chi connectivity index (χ2n) is 3.87. The molecule has 0 N–H and O–H groups in total. The summed E-state index contributed by atoms with van der Waals surface area (Å²) in [5, 5.41) is 1.40. The molecular weight excluding hydrogens is 251 g/mol. The van der Waals surface area contributed by atoms with Crippen LogP contribution in [-0.4, -0.2) is 9.97 Å². The van der Waals surface area contributed by atoms with Crippen LogP contribution in [0.2, 0.25) is 5.02 Å². The number of nitrogens with zero attached hydrogens (tertiary/aromatic N) is 2. The van der Waals surface area contributed by atoms with Crippen molar-refractivity contribution in [1.82, 2.24) is 9.97 Å². The van der Waals surface area contributed by atoms with Gasteiger partial charge < -0.3 is 0 Å². The average Bonchev–Trinajstić information content (AvgIpc) is 2.41. The Balaban J connectivity index is 2.22. The Bertz CT molecular complexity index is 728. The van der Waals surface area contributed by atoms with Crippen molar-refractivity contribution in [1.29, 1.82) is 0 Å². The number of hydrogen-bond acceptors (Lipinski definition) is 2. The minimum atomic E-state index is -0.345. The van der Waals surface area contributed by atoms with Gasteiger partial charge in [0.25, 0.3) is 0 Å². The summed E-state index contributed by atoms with van der Waals surface area (Å²) in [7, 11) is 0. The maximum Gasteiger partial charge on any atom is 0.159 e. The minimum absolute atomic E-state index is 0.345. The Morgan fingerprint density at radius 2 is 1.94 bits per heavy atom. The second-order valence-corrected chi connectivity index (χ2v) is 4.31.